The highest BCUT2D eigenvalue weighted by Crippen LogP contribution is 2.33. The molecular formula is C22H25N5O. The van der Waals surface area contributed by atoms with Crippen molar-refractivity contribution in [3.05, 3.63) is 72.1 Å². The number of carbonyl (C=O) groups is 1. The zero-order valence-electron chi connectivity index (χ0n) is 15.8. The van der Waals surface area contributed by atoms with Crippen LogP contribution in [0.3, 0.4) is 0 Å². The fourth-order valence-electron chi connectivity index (χ4n) is 3.85. The number of pyridine rings is 1. The second-order valence-corrected chi connectivity index (χ2v) is 7.27. The van der Waals surface area contributed by atoms with Gasteiger partial charge in [0, 0.05) is 30.1 Å². The normalized spacial score (nSPS) is 14.7. The van der Waals surface area contributed by atoms with Gasteiger partial charge in [-0.2, -0.15) is 0 Å². The number of nitrogens with two attached hydrogens (primary N) is 1. The summed E-state index contributed by atoms with van der Waals surface area (Å²) in [6.45, 7) is 0.387. The Morgan fingerprint density at radius 3 is 2.75 bits per heavy atom. The third-order valence-corrected chi connectivity index (χ3v) is 5.35. The average Bonchev–Trinajstić information content (AvgIpc) is 3.23. The summed E-state index contributed by atoms with van der Waals surface area (Å²) in [6, 6.07) is 11.0. The highest BCUT2D eigenvalue weighted by molar-refractivity contribution is 5.95. The first-order valence-electron chi connectivity index (χ1n) is 9.83. The van der Waals surface area contributed by atoms with Gasteiger partial charge in [-0.05, 0) is 43.2 Å². The van der Waals surface area contributed by atoms with Crippen molar-refractivity contribution < 1.29 is 4.79 Å². The zero-order valence-corrected chi connectivity index (χ0v) is 15.8. The molecule has 0 aliphatic heterocycles. The van der Waals surface area contributed by atoms with Crippen LogP contribution in [-0.4, -0.2) is 20.4 Å². The minimum absolute atomic E-state index is 0.147. The van der Waals surface area contributed by atoms with E-state index in [0.29, 0.717) is 23.7 Å². The van der Waals surface area contributed by atoms with E-state index < -0.39 is 0 Å². The maximum Gasteiger partial charge on any atom is 0.251 e. The highest BCUT2D eigenvalue weighted by atomic mass is 16.1. The van der Waals surface area contributed by atoms with Gasteiger partial charge in [0.1, 0.15) is 5.82 Å². The van der Waals surface area contributed by atoms with Crippen LogP contribution in [0.25, 0.3) is 5.69 Å². The van der Waals surface area contributed by atoms with Gasteiger partial charge in [0.15, 0.2) is 0 Å². The van der Waals surface area contributed by atoms with Crippen molar-refractivity contribution in [2.75, 3.05) is 5.73 Å². The summed E-state index contributed by atoms with van der Waals surface area (Å²) in [5.41, 5.74) is 9.09. The average molecular weight is 375 g/mol. The van der Waals surface area contributed by atoms with Crippen molar-refractivity contribution in [2.24, 2.45) is 0 Å². The molecule has 144 valence electrons. The van der Waals surface area contributed by atoms with E-state index in [4.69, 9.17) is 5.73 Å². The molecule has 0 radical (unpaired) electrons. The zero-order chi connectivity index (χ0) is 19.3. The van der Waals surface area contributed by atoms with Crippen LogP contribution in [0.1, 0.15) is 59.9 Å². The largest absolute Gasteiger partial charge is 0.397 e. The van der Waals surface area contributed by atoms with Gasteiger partial charge in [-0.15, -0.1) is 0 Å². The van der Waals surface area contributed by atoms with Gasteiger partial charge in [0.05, 0.1) is 23.6 Å². The van der Waals surface area contributed by atoms with E-state index in [1.807, 2.05) is 41.2 Å². The molecule has 0 spiro atoms. The molecule has 1 aliphatic rings. The van der Waals surface area contributed by atoms with Gasteiger partial charge in [0.25, 0.3) is 5.91 Å². The minimum atomic E-state index is -0.147. The van der Waals surface area contributed by atoms with Crippen LogP contribution in [-0.2, 0) is 6.54 Å². The molecular weight excluding hydrogens is 350 g/mol. The van der Waals surface area contributed by atoms with E-state index in [9.17, 15) is 4.79 Å². The number of hydrogen-bond acceptors (Lipinski definition) is 4. The first-order valence-corrected chi connectivity index (χ1v) is 9.83. The Kier molecular flexibility index (Phi) is 5.37. The molecule has 2 aromatic heterocycles. The van der Waals surface area contributed by atoms with E-state index in [2.05, 4.69) is 15.3 Å². The van der Waals surface area contributed by atoms with Crippen molar-refractivity contribution in [2.45, 2.75) is 44.6 Å². The van der Waals surface area contributed by atoms with E-state index >= 15 is 0 Å². The fraction of sp³-hybridized carbons (Fsp3) is 0.318. The summed E-state index contributed by atoms with van der Waals surface area (Å²) in [6.07, 6.45) is 11.6. The number of anilines is 1. The maximum absolute atomic E-state index is 12.6. The first kappa shape index (κ1) is 18.2. The number of nitrogens with zero attached hydrogens (tertiary/aromatic N) is 3. The standard InChI is InChI=1S/C22H25N5O/c23-19-10-9-17(22(28)26-15-18-8-4-5-11-24-18)14-20(19)27-13-12-25-21(27)16-6-2-1-3-7-16/h4-5,8-14,16H,1-3,6-7,15,23H2,(H,26,28). The molecule has 4 rings (SSSR count). The van der Waals surface area contributed by atoms with Crippen LogP contribution >= 0.6 is 0 Å². The number of nitrogen functional groups attached to an aromatic ring is 1. The topological polar surface area (TPSA) is 85.8 Å². The molecule has 1 saturated carbocycles. The lowest BCUT2D eigenvalue weighted by Gasteiger charge is -2.22. The summed E-state index contributed by atoms with van der Waals surface area (Å²) in [4.78, 5) is 21.5. The number of rotatable bonds is 5. The van der Waals surface area contributed by atoms with Crippen LogP contribution in [0.2, 0.25) is 0 Å². The molecule has 3 N–H and O–H groups in total. The van der Waals surface area contributed by atoms with Crippen molar-refractivity contribution >= 4 is 11.6 Å². The summed E-state index contributed by atoms with van der Waals surface area (Å²) < 4.78 is 2.04. The molecule has 1 aromatic carbocycles. The quantitative estimate of drug-likeness (QED) is 0.664. The van der Waals surface area contributed by atoms with E-state index in [0.717, 1.165) is 30.0 Å². The molecule has 28 heavy (non-hydrogen) atoms. The van der Waals surface area contributed by atoms with Crippen LogP contribution in [0, 0.1) is 0 Å². The molecule has 0 bridgehead atoms. The van der Waals surface area contributed by atoms with Crippen LogP contribution in [0.15, 0.2) is 55.0 Å². The second kappa shape index (κ2) is 8.25. The third-order valence-electron chi connectivity index (χ3n) is 5.35. The molecule has 6 heteroatoms. The molecule has 2 heterocycles. The Bertz CT molecular complexity index is 945. The number of amides is 1. The van der Waals surface area contributed by atoms with Gasteiger partial charge in [-0.3, -0.25) is 9.78 Å². The number of nitrogens with one attached hydrogen (secondary N) is 1. The van der Waals surface area contributed by atoms with Crippen molar-refractivity contribution in [1.82, 2.24) is 19.9 Å². The number of hydrogen-bond donors (Lipinski definition) is 2. The lowest BCUT2D eigenvalue weighted by atomic mass is 9.88. The van der Waals surface area contributed by atoms with Gasteiger partial charge in [0.2, 0.25) is 0 Å². The fourth-order valence-corrected chi connectivity index (χ4v) is 3.85. The van der Waals surface area contributed by atoms with Crippen LogP contribution < -0.4 is 11.1 Å². The predicted molar refractivity (Wildman–Crippen MR) is 109 cm³/mol. The van der Waals surface area contributed by atoms with Crippen LogP contribution in [0.4, 0.5) is 5.69 Å². The van der Waals surface area contributed by atoms with Gasteiger partial charge < -0.3 is 15.6 Å². The number of benzene rings is 1. The van der Waals surface area contributed by atoms with E-state index in [1.54, 1.807) is 18.3 Å². The van der Waals surface area contributed by atoms with Crippen molar-refractivity contribution in [1.29, 1.82) is 0 Å². The Morgan fingerprint density at radius 1 is 1.11 bits per heavy atom. The minimum Gasteiger partial charge on any atom is -0.397 e. The predicted octanol–water partition coefficient (Wildman–Crippen LogP) is 3.83. The summed E-state index contributed by atoms with van der Waals surface area (Å²) in [5.74, 6) is 1.34. The molecule has 3 aromatic rings. The maximum atomic E-state index is 12.6. The lowest BCUT2D eigenvalue weighted by molar-refractivity contribution is 0.0950. The van der Waals surface area contributed by atoms with Crippen LogP contribution in [0.5, 0.6) is 0 Å². The summed E-state index contributed by atoms with van der Waals surface area (Å²) in [7, 11) is 0. The summed E-state index contributed by atoms with van der Waals surface area (Å²) >= 11 is 0. The molecule has 1 aliphatic carbocycles. The number of imidazole rings is 1. The highest BCUT2D eigenvalue weighted by Gasteiger charge is 2.21. The summed E-state index contributed by atoms with van der Waals surface area (Å²) in [5, 5.41) is 2.92. The monoisotopic (exact) mass is 375 g/mol. The molecule has 0 atom stereocenters. The van der Waals surface area contributed by atoms with Crippen molar-refractivity contribution in [3.8, 4) is 5.69 Å². The second-order valence-electron chi connectivity index (χ2n) is 7.27. The van der Waals surface area contributed by atoms with E-state index in [1.165, 1.54) is 19.3 Å². The number of carbonyl (C=O) groups excluding carboxylic acids is 1. The number of aromatic nitrogens is 3. The Balaban J connectivity index is 1.56. The van der Waals surface area contributed by atoms with Gasteiger partial charge in [-0.1, -0.05) is 25.3 Å². The molecule has 0 unspecified atom stereocenters. The van der Waals surface area contributed by atoms with Crippen molar-refractivity contribution in [3.63, 3.8) is 0 Å². The van der Waals surface area contributed by atoms with Gasteiger partial charge >= 0.3 is 0 Å². The SMILES string of the molecule is Nc1ccc(C(=O)NCc2ccccn2)cc1-n1ccnc1C1CCCCC1. The Morgan fingerprint density at radius 2 is 1.96 bits per heavy atom. The first-order chi connectivity index (χ1) is 13.7. The van der Waals surface area contributed by atoms with Gasteiger partial charge in [-0.25, -0.2) is 4.98 Å². The Hall–Kier alpha value is -3.15. The smallest absolute Gasteiger partial charge is 0.251 e. The lowest BCUT2D eigenvalue weighted by Crippen LogP contribution is -2.23. The molecule has 1 fully saturated rings. The molecule has 6 nitrogen and oxygen atoms in total. The third kappa shape index (κ3) is 3.91. The molecule has 0 saturated heterocycles. The van der Waals surface area contributed by atoms with E-state index in [-0.39, 0.29) is 5.91 Å². The Labute approximate surface area is 164 Å². The molecule has 1 amide bonds.